The maximum atomic E-state index is 8.73. The molecule has 0 saturated heterocycles. The first-order valence-electron chi connectivity index (χ1n) is 4.91. The van der Waals surface area contributed by atoms with Gasteiger partial charge in [0.15, 0.2) is 5.11 Å². The van der Waals surface area contributed by atoms with E-state index in [0.29, 0.717) is 23.8 Å². The molecule has 2 N–H and O–H groups in total. The number of nitrogens with zero attached hydrogens (tertiary/aromatic N) is 1. The first kappa shape index (κ1) is 13.9. The van der Waals surface area contributed by atoms with E-state index in [-0.39, 0.29) is 0 Å². The van der Waals surface area contributed by atoms with Gasteiger partial charge < -0.3 is 15.4 Å². The van der Waals surface area contributed by atoms with E-state index in [9.17, 15) is 0 Å². The molecule has 0 bridgehead atoms. The second-order valence-corrected chi connectivity index (χ2v) is 4.44. The number of ether oxygens (including phenoxy) is 1. The number of hydrogen-bond acceptors (Lipinski definition) is 3. The fraction of sp³-hybridized carbons (Fsp3) is 0.273. The van der Waals surface area contributed by atoms with Crippen molar-refractivity contribution >= 4 is 38.9 Å². The molecule has 6 heteroatoms. The molecular formula is C11H12BrN3OS. The van der Waals surface area contributed by atoms with Crippen LogP contribution in [0.4, 0.5) is 5.69 Å². The summed E-state index contributed by atoms with van der Waals surface area (Å²) in [5.41, 5.74) is 1.42. The molecule has 4 nitrogen and oxygen atoms in total. The van der Waals surface area contributed by atoms with Crippen molar-refractivity contribution in [3.05, 3.63) is 28.2 Å². The van der Waals surface area contributed by atoms with E-state index in [0.717, 1.165) is 10.2 Å². The highest BCUT2D eigenvalue weighted by Crippen LogP contribution is 2.23. The third kappa shape index (κ3) is 4.69. The highest BCUT2D eigenvalue weighted by Gasteiger charge is 2.03. The Morgan fingerprint density at radius 2 is 2.35 bits per heavy atom. The zero-order valence-corrected chi connectivity index (χ0v) is 11.7. The average molecular weight is 314 g/mol. The van der Waals surface area contributed by atoms with Crippen LogP contribution in [0.1, 0.15) is 5.56 Å². The maximum absolute atomic E-state index is 8.73. The number of hydrogen-bond donors (Lipinski definition) is 2. The quantitative estimate of drug-likeness (QED) is 0.659. The summed E-state index contributed by atoms with van der Waals surface area (Å²) in [5, 5.41) is 15.3. The Balaban J connectivity index is 2.57. The first-order chi connectivity index (χ1) is 8.17. The maximum Gasteiger partial charge on any atom is 0.170 e. The molecule has 17 heavy (non-hydrogen) atoms. The van der Waals surface area contributed by atoms with E-state index < -0.39 is 0 Å². The van der Waals surface area contributed by atoms with Crippen LogP contribution < -0.4 is 10.6 Å². The van der Waals surface area contributed by atoms with Gasteiger partial charge in [-0.3, -0.25) is 0 Å². The van der Waals surface area contributed by atoms with Gasteiger partial charge >= 0.3 is 0 Å². The topological polar surface area (TPSA) is 57.1 Å². The minimum Gasteiger partial charge on any atom is -0.383 e. The number of thiocarbonyl (C=S) groups is 1. The minimum absolute atomic E-state index is 0.521. The summed E-state index contributed by atoms with van der Waals surface area (Å²) in [6.45, 7) is 1.24. The molecular weight excluding hydrogens is 302 g/mol. The zero-order valence-electron chi connectivity index (χ0n) is 9.29. The molecule has 0 atom stereocenters. The van der Waals surface area contributed by atoms with E-state index in [1.807, 2.05) is 0 Å². The molecule has 0 fully saturated rings. The fourth-order valence-electron chi connectivity index (χ4n) is 1.12. The molecule has 1 rings (SSSR count). The molecule has 0 aromatic heterocycles. The van der Waals surface area contributed by atoms with Crippen LogP contribution in [0.5, 0.6) is 0 Å². The Kier molecular flexibility index (Phi) is 5.91. The van der Waals surface area contributed by atoms with Gasteiger partial charge in [0.1, 0.15) is 0 Å². The lowest BCUT2D eigenvalue weighted by Gasteiger charge is -2.11. The third-order valence-electron chi connectivity index (χ3n) is 1.94. The molecule has 0 unspecified atom stereocenters. The Labute approximate surface area is 114 Å². The number of halogens is 1. The van der Waals surface area contributed by atoms with Gasteiger partial charge in [-0.1, -0.05) is 0 Å². The number of nitrogens with one attached hydrogen (secondary N) is 2. The van der Waals surface area contributed by atoms with Crippen molar-refractivity contribution in [2.75, 3.05) is 25.6 Å². The Morgan fingerprint density at radius 1 is 1.59 bits per heavy atom. The van der Waals surface area contributed by atoms with Crippen LogP contribution >= 0.6 is 28.1 Å². The monoisotopic (exact) mass is 313 g/mol. The number of anilines is 1. The van der Waals surface area contributed by atoms with Gasteiger partial charge in [-0.2, -0.15) is 5.26 Å². The van der Waals surface area contributed by atoms with Crippen molar-refractivity contribution in [3.8, 4) is 6.07 Å². The van der Waals surface area contributed by atoms with Gasteiger partial charge in [-0.25, -0.2) is 0 Å². The summed E-state index contributed by atoms with van der Waals surface area (Å²) in [5.74, 6) is 0. The minimum atomic E-state index is 0.521. The number of methoxy groups -OCH3 is 1. The molecule has 0 aliphatic rings. The fourth-order valence-corrected chi connectivity index (χ4v) is 1.81. The normalized spacial score (nSPS) is 9.47. The van der Waals surface area contributed by atoms with Gasteiger partial charge in [0, 0.05) is 18.1 Å². The predicted octanol–water partition coefficient (Wildman–Crippen LogP) is 2.25. The smallest absolute Gasteiger partial charge is 0.170 e. The van der Waals surface area contributed by atoms with Gasteiger partial charge in [0.2, 0.25) is 0 Å². The van der Waals surface area contributed by atoms with E-state index in [1.54, 1.807) is 25.3 Å². The van der Waals surface area contributed by atoms with Crippen molar-refractivity contribution < 1.29 is 4.74 Å². The van der Waals surface area contributed by atoms with Crippen LogP contribution in [0.3, 0.4) is 0 Å². The largest absolute Gasteiger partial charge is 0.383 e. The van der Waals surface area contributed by atoms with Crippen LogP contribution in [0.15, 0.2) is 22.7 Å². The number of rotatable bonds is 4. The molecule has 1 aromatic carbocycles. The van der Waals surface area contributed by atoms with Gasteiger partial charge in [0.05, 0.1) is 23.9 Å². The van der Waals surface area contributed by atoms with Crippen molar-refractivity contribution in [2.45, 2.75) is 0 Å². The molecule has 0 radical (unpaired) electrons. The van der Waals surface area contributed by atoms with E-state index in [4.69, 9.17) is 22.2 Å². The number of nitriles is 1. The molecule has 90 valence electrons. The summed E-state index contributed by atoms with van der Waals surface area (Å²) in [7, 11) is 1.63. The Morgan fingerprint density at radius 3 is 2.94 bits per heavy atom. The highest BCUT2D eigenvalue weighted by molar-refractivity contribution is 9.10. The van der Waals surface area contributed by atoms with Crippen LogP contribution in [0.25, 0.3) is 0 Å². The van der Waals surface area contributed by atoms with E-state index in [2.05, 4.69) is 32.6 Å². The summed E-state index contributed by atoms with van der Waals surface area (Å²) in [6.07, 6.45) is 0. The van der Waals surface area contributed by atoms with Gasteiger partial charge in [-0.15, -0.1) is 0 Å². The van der Waals surface area contributed by atoms with Crippen LogP contribution in [0.2, 0.25) is 0 Å². The summed E-state index contributed by atoms with van der Waals surface area (Å²) >= 11 is 8.48. The summed E-state index contributed by atoms with van der Waals surface area (Å²) in [6, 6.07) is 7.33. The molecule has 0 aliphatic heterocycles. The predicted molar refractivity (Wildman–Crippen MR) is 75.0 cm³/mol. The molecule has 0 aliphatic carbocycles. The standard InChI is InChI=1S/C11H12BrN3OS/c1-16-5-4-14-11(17)15-10-3-2-8(7-13)6-9(10)12/h2-3,6H,4-5H2,1H3,(H2,14,15,17). The van der Waals surface area contributed by atoms with Crippen molar-refractivity contribution in [3.63, 3.8) is 0 Å². The van der Waals surface area contributed by atoms with E-state index in [1.165, 1.54) is 0 Å². The van der Waals surface area contributed by atoms with Crippen LogP contribution in [0, 0.1) is 11.3 Å². The molecule has 0 saturated carbocycles. The second-order valence-electron chi connectivity index (χ2n) is 3.18. The lowest BCUT2D eigenvalue weighted by Crippen LogP contribution is -2.31. The molecule has 1 aromatic rings. The van der Waals surface area contributed by atoms with Gasteiger partial charge in [-0.05, 0) is 46.3 Å². The zero-order chi connectivity index (χ0) is 12.7. The van der Waals surface area contributed by atoms with E-state index >= 15 is 0 Å². The second kappa shape index (κ2) is 7.22. The summed E-state index contributed by atoms with van der Waals surface area (Å²) < 4.78 is 5.70. The van der Waals surface area contributed by atoms with Crippen LogP contribution in [-0.4, -0.2) is 25.4 Å². The molecule has 0 spiro atoms. The van der Waals surface area contributed by atoms with Crippen LogP contribution in [-0.2, 0) is 4.74 Å². The lowest BCUT2D eigenvalue weighted by atomic mass is 10.2. The first-order valence-corrected chi connectivity index (χ1v) is 6.11. The Bertz CT molecular complexity index is 445. The summed E-state index contributed by atoms with van der Waals surface area (Å²) in [4.78, 5) is 0. The van der Waals surface area contributed by atoms with Gasteiger partial charge in [0.25, 0.3) is 0 Å². The molecule has 0 heterocycles. The van der Waals surface area contributed by atoms with Crippen molar-refractivity contribution in [1.29, 1.82) is 5.26 Å². The highest BCUT2D eigenvalue weighted by atomic mass is 79.9. The third-order valence-corrected chi connectivity index (χ3v) is 2.84. The van der Waals surface area contributed by atoms with Crippen molar-refractivity contribution in [2.24, 2.45) is 0 Å². The lowest BCUT2D eigenvalue weighted by molar-refractivity contribution is 0.204. The molecule has 0 amide bonds. The average Bonchev–Trinajstić information content (AvgIpc) is 2.32. The number of benzene rings is 1. The Hall–Kier alpha value is -1.16. The SMILES string of the molecule is COCCNC(=S)Nc1ccc(C#N)cc1Br. The van der Waals surface area contributed by atoms with Crippen molar-refractivity contribution in [1.82, 2.24) is 5.32 Å².